The predicted octanol–water partition coefficient (Wildman–Crippen LogP) is 10.9. The van der Waals surface area contributed by atoms with E-state index in [4.69, 9.17) is 18.3 Å². The summed E-state index contributed by atoms with van der Waals surface area (Å²) in [6, 6.07) is 20.9. The maximum Gasteiger partial charge on any atom is 0.234 e. The molecule has 1 aliphatic carbocycles. The highest BCUT2D eigenvalue weighted by Gasteiger charge is 2.27. The summed E-state index contributed by atoms with van der Waals surface area (Å²) in [5.41, 5.74) is 1.67. The van der Waals surface area contributed by atoms with Gasteiger partial charge in [0.25, 0.3) is 0 Å². The Morgan fingerprint density at radius 1 is 0.705 bits per heavy atom. The summed E-state index contributed by atoms with van der Waals surface area (Å²) in [5.74, 6) is 2.33. The second-order valence-corrected chi connectivity index (χ2v) is 17.3. The van der Waals surface area contributed by atoms with E-state index in [0.29, 0.717) is 63.9 Å². The third-order valence-corrected chi connectivity index (χ3v) is 12.6. The predicted molar refractivity (Wildman–Crippen MR) is 241 cm³/mol. The molecule has 0 radical (unpaired) electrons. The van der Waals surface area contributed by atoms with Crippen LogP contribution in [0.5, 0.6) is 11.5 Å². The normalized spacial score (nSPS) is 17.7. The van der Waals surface area contributed by atoms with Gasteiger partial charge in [-0.25, -0.2) is 4.39 Å². The molecule has 328 valence electrons. The number of fused-ring (bicyclic) bond motifs is 2. The number of likely N-dealkylation sites (tertiary alicyclic amines) is 1. The molecule has 61 heavy (non-hydrogen) atoms. The number of benzene rings is 3. The van der Waals surface area contributed by atoms with Crippen molar-refractivity contribution in [1.29, 1.82) is 0 Å². The second kappa shape index (κ2) is 23.1. The van der Waals surface area contributed by atoms with Gasteiger partial charge in [0.1, 0.15) is 28.5 Å². The van der Waals surface area contributed by atoms with E-state index in [0.717, 1.165) is 89.2 Å². The maximum atomic E-state index is 13.1. The van der Waals surface area contributed by atoms with Gasteiger partial charge in [-0.15, -0.1) is 0 Å². The number of unbranched alkanes of at least 4 members (excludes halogenated alkanes) is 6. The van der Waals surface area contributed by atoms with Gasteiger partial charge < -0.3 is 33.6 Å². The molecule has 4 heterocycles. The Morgan fingerprint density at radius 2 is 1.41 bits per heavy atom. The molecule has 2 N–H and O–H groups in total. The van der Waals surface area contributed by atoms with Crippen molar-refractivity contribution in [3.63, 3.8) is 0 Å². The Bertz CT molecular complexity index is 2220. The number of aliphatic hydroxyl groups is 1. The monoisotopic (exact) mass is 836 g/mol. The lowest BCUT2D eigenvalue weighted by Gasteiger charge is -2.29. The van der Waals surface area contributed by atoms with Crippen LogP contribution < -0.4 is 25.6 Å². The van der Waals surface area contributed by atoms with Crippen LogP contribution in [-0.2, 0) is 0 Å². The fraction of sp³-hybridized carbons (Fsp3) is 0.529. The summed E-state index contributed by atoms with van der Waals surface area (Å²) < 4.78 is 37.1. The first-order valence-electron chi connectivity index (χ1n) is 23.2. The highest BCUT2D eigenvalue weighted by Crippen LogP contribution is 2.39. The van der Waals surface area contributed by atoms with E-state index in [9.17, 15) is 19.1 Å². The summed E-state index contributed by atoms with van der Waals surface area (Å²) >= 11 is 0. The van der Waals surface area contributed by atoms with E-state index in [1.807, 2.05) is 30.3 Å². The minimum Gasteiger partial charge on any atom is -0.494 e. The molecule has 9 nitrogen and oxygen atoms in total. The number of hydrogen-bond acceptors (Lipinski definition) is 9. The van der Waals surface area contributed by atoms with Crippen LogP contribution >= 0.6 is 0 Å². The van der Waals surface area contributed by atoms with Gasteiger partial charge in [0.05, 0.1) is 30.1 Å². The molecule has 0 bridgehead atoms. The number of halogens is 1. The quantitative estimate of drug-likeness (QED) is 0.0833. The van der Waals surface area contributed by atoms with E-state index in [1.54, 1.807) is 24.3 Å². The van der Waals surface area contributed by atoms with E-state index in [-0.39, 0.29) is 22.8 Å². The molecule has 2 saturated heterocycles. The SMILES string of the molecule is O=c1c(OCCCCCCC2CCCCN2)c(C2CCCC2)oc2ccccc12.O=c1cc(-c2ccc(F)cc2)oc2ccc(OCCCCCCN3CCC(O)CC3)cc12. The van der Waals surface area contributed by atoms with Gasteiger partial charge >= 0.3 is 0 Å². The lowest BCUT2D eigenvalue weighted by Crippen LogP contribution is -2.36. The number of rotatable bonds is 18. The average molecular weight is 837 g/mol. The molecular formula is C51H65FN2O7. The number of nitrogens with zero attached hydrogens (tertiary/aromatic N) is 1. The summed E-state index contributed by atoms with van der Waals surface area (Å²) in [7, 11) is 0. The summed E-state index contributed by atoms with van der Waals surface area (Å²) in [5, 5.41) is 14.3. The van der Waals surface area contributed by atoms with Crippen LogP contribution in [-0.4, -0.2) is 61.5 Å². The van der Waals surface area contributed by atoms with Crippen molar-refractivity contribution >= 4 is 21.9 Å². The zero-order chi connectivity index (χ0) is 42.2. The van der Waals surface area contributed by atoms with Gasteiger partial charge in [-0.1, -0.05) is 63.5 Å². The first-order chi connectivity index (χ1) is 29.9. The molecule has 2 aromatic heterocycles. The Balaban J connectivity index is 0.000000185. The van der Waals surface area contributed by atoms with Crippen molar-refractivity contribution in [3.8, 4) is 22.8 Å². The van der Waals surface area contributed by atoms with Crippen LogP contribution in [0.1, 0.15) is 127 Å². The van der Waals surface area contributed by atoms with Crippen molar-refractivity contribution in [2.75, 3.05) is 39.4 Å². The highest BCUT2D eigenvalue weighted by atomic mass is 19.1. The number of piperidine rings is 2. The van der Waals surface area contributed by atoms with Crippen LogP contribution in [0.3, 0.4) is 0 Å². The smallest absolute Gasteiger partial charge is 0.234 e. The molecule has 0 spiro atoms. The van der Waals surface area contributed by atoms with E-state index < -0.39 is 0 Å². The maximum absolute atomic E-state index is 13.1. The zero-order valence-corrected chi connectivity index (χ0v) is 35.9. The number of aliphatic hydroxyl groups excluding tert-OH is 1. The molecule has 1 unspecified atom stereocenters. The second-order valence-electron chi connectivity index (χ2n) is 17.3. The number of para-hydroxylation sites is 1. The van der Waals surface area contributed by atoms with Gasteiger partial charge in [-0.05, 0) is 132 Å². The van der Waals surface area contributed by atoms with Gasteiger partial charge in [0.15, 0.2) is 11.2 Å². The first kappa shape index (κ1) is 44.5. The molecule has 1 saturated carbocycles. The van der Waals surface area contributed by atoms with E-state index in [2.05, 4.69) is 10.2 Å². The minimum atomic E-state index is -0.332. The Kier molecular flexibility index (Phi) is 16.9. The third kappa shape index (κ3) is 13.0. The highest BCUT2D eigenvalue weighted by molar-refractivity contribution is 5.80. The standard InChI is InChI=1S/C26H30FNO4.C25H35NO3/c27-20-7-5-19(6-8-20)26-18-24(30)23-17-22(9-10-25(23)32-26)31-16-4-2-1-3-13-28-14-11-21(29)12-15-28;27-23-21-15-6-7-16-22(21)29-24(19-11-4-5-12-19)25(23)28-18-10-2-1-3-13-20-14-8-9-17-26-20/h5-10,17-18,21,29H,1-4,11-16H2;6-7,15-16,19-20,26H,1-5,8-14,17-18H2. The van der Waals surface area contributed by atoms with Crippen molar-refractivity contribution in [2.45, 2.75) is 134 Å². The van der Waals surface area contributed by atoms with Crippen LogP contribution in [0.15, 0.2) is 91.2 Å². The van der Waals surface area contributed by atoms with Crippen molar-refractivity contribution < 1.29 is 27.8 Å². The Hall–Kier alpha value is -4.51. The van der Waals surface area contributed by atoms with Gasteiger partial charge in [0, 0.05) is 36.7 Å². The van der Waals surface area contributed by atoms with Crippen molar-refractivity contribution in [3.05, 3.63) is 105 Å². The van der Waals surface area contributed by atoms with Crippen molar-refractivity contribution in [2.24, 2.45) is 0 Å². The van der Waals surface area contributed by atoms with Crippen LogP contribution in [0.25, 0.3) is 33.3 Å². The number of nitrogens with one attached hydrogen (secondary N) is 1. The zero-order valence-electron chi connectivity index (χ0n) is 35.9. The molecule has 1 atom stereocenters. The van der Waals surface area contributed by atoms with Crippen LogP contribution in [0.2, 0.25) is 0 Å². The first-order valence-corrected chi connectivity index (χ1v) is 23.2. The lowest BCUT2D eigenvalue weighted by molar-refractivity contribution is 0.0817. The summed E-state index contributed by atoms with van der Waals surface area (Å²) in [6.45, 7) is 5.52. The van der Waals surface area contributed by atoms with Gasteiger partial charge in [-0.3, -0.25) is 9.59 Å². The largest absolute Gasteiger partial charge is 0.494 e. The molecule has 3 aromatic carbocycles. The Labute approximate surface area is 359 Å². The fourth-order valence-electron chi connectivity index (χ4n) is 9.03. The van der Waals surface area contributed by atoms with Crippen LogP contribution in [0, 0.1) is 5.82 Å². The lowest BCUT2D eigenvalue weighted by atomic mass is 9.99. The molecule has 2 aliphatic heterocycles. The summed E-state index contributed by atoms with van der Waals surface area (Å²) in [4.78, 5) is 28.1. The van der Waals surface area contributed by atoms with Crippen LogP contribution in [0.4, 0.5) is 4.39 Å². The van der Waals surface area contributed by atoms with Gasteiger partial charge in [-0.2, -0.15) is 0 Å². The molecular weight excluding hydrogens is 772 g/mol. The van der Waals surface area contributed by atoms with Gasteiger partial charge in [0.2, 0.25) is 11.2 Å². The summed E-state index contributed by atoms with van der Waals surface area (Å²) in [6.07, 6.45) is 20.7. The molecule has 5 aromatic rings. The average Bonchev–Trinajstić information content (AvgIpc) is 3.83. The number of hydrogen-bond donors (Lipinski definition) is 2. The topological polar surface area (TPSA) is 114 Å². The van der Waals surface area contributed by atoms with Crippen molar-refractivity contribution in [1.82, 2.24) is 10.2 Å². The fourth-order valence-corrected chi connectivity index (χ4v) is 9.03. The molecule has 0 amide bonds. The third-order valence-electron chi connectivity index (χ3n) is 12.6. The van der Waals surface area contributed by atoms with E-state index in [1.165, 1.54) is 82.5 Å². The number of ether oxygens (including phenoxy) is 2. The molecule has 3 fully saturated rings. The molecule has 8 rings (SSSR count). The minimum absolute atomic E-state index is 0.00266. The Morgan fingerprint density at radius 3 is 2.18 bits per heavy atom. The molecule has 10 heteroatoms. The van der Waals surface area contributed by atoms with E-state index >= 15 is 0 Å². The molecule has 3 aliphatic rings.